The number of nitrogens with one attached hydrogen (secondary N) is 1. The Balaban J connectivity index is 2.38. The second kappa shape index (κ2) is 4.89. The average molecular weight is 316 g/mol. The molecule has 6 heteroatoms. The number of aryl methyl sites for hydroxylation is 1. The quantitative estimate of drug-likeness (QED) is 0.925. The first-order chi connectivity index (χ1) is 8.08. The number of ether oxygens (including phenoxy) is 1. The van der Waals surface area contributed by atoms with E-state index in [9.17, 15) is 4.79 Å². The van der Waals surface area contributed by atoms with E-state index >= 15 is 0 Å². The van der Waals surface area contributed by atoms with Crippen LogP contribution in [0.2, 0.25) is 5.02 Å². The van der Waals surface area contributed by atoms with E-state index in [4.69, 9.17) is 16.3 Å². The summed E-state index contributed by atoms with van der Waals surface area (Å²) in [6, 6.07) is 5.37. The predicted molar refractivity (Wildman–Crippen MR) is 68.8 cm³/mol. The van der Waals surface area contributed by atoms with Gasteiger partial charge in [-0.05, 0) is 40.5 Å². The first kappa shape index (κ1) is 12.1. The van der Waals surface area contributed by atoms with E-state index in [0.717, 1.165) is 5.56 Å². The molecule has 0 aliphatic rings. The minimum atomic E-state index is -0.307. The van der Waals surface area contributed by atoms with Gasteiger partial charge >= 0.3 is 0 Å². The molecule has 0 aliphatic heterocycles. The summed E-state index contributed by atoms with van der Waals surface area (Å²) in [5, 5.41) is 0.471. The van der Waals surface area contributed by atoms with E-state index in [2.05, 4.69) is 25.9 Å². The van der Waals surface area contributed by atoms with Crippen LogP contribution in [0.15, 0.2) is 33.8 Å². The molecule has 0 amide bonds. The molecule has 0 fully saturated rings. The zero-order valence-corrected chi connectivity index (χ0v) is 11.2. The summed E-state index contributed by atoms with van der Waals surface area (Å²) >= 11 is 9.12. The lowest BCUT2D eigenvalue weighted by atomic mass is 10.2. The summed E-state index contributed by atoms with van der Waals surface area (Å²) in [5.74, 6) is 0.635. The fraction of sp³-hybridized carbons (Fsp3) is 0.0909. The van der Waals surface area contributed by atoms with Crippen molar-refractivity contribution in [3.63, 3.8) is 0 Å². The van der Waals surface area contributed by atoms with Crippen molar-refractivity contribution >= 4 is 27.5 Å². The maximum absolute atomic E-state index is 11.3. The average Bonchev–Trinajstić information content (AvgIpc) is 2.28. The smallest absolute Gasteiger partial charge is 0.268 e. The largest absolute Gasteiger partial charge is 0.436 e. The van der Waals surface area contributed by atoms with Crippen LogP contribution < -0.4 is 10.3 Å². The Kier molecular flexibility index (Phi) is 3.49. The van der Waals surface area contributed by atoms with Crippen molar-refractivity contribution in [2.75, 3.05) is 0 Å². The second-order valence-corrected chi connectivity index (χ2v) is 4.59. The van der Waals surface area contributed by atoms with E-state index in [1.54, 1.807) is 12.1 Å². The normalized spacial score (nSPS) is 10.3. The minimum absolute atomic E-state index is 0.180. The molecule has 2 aromatic rings. The first-order valence-electron chi connectivity index (χ1n) is 4.75. The van der Waals surface area contributed by atoms with Gasteiger partial charge in [-0.1, -0.05) is 17.7 Å². The Morgan fingerprint density at radius 1 is 1.47 bits per heavy atom. The van der Waals surface area contributed by atoms with Crippen LogP contribution in [0.4, 0.5) is 0 Å². The van der Waals surface area contributed by atoms with Gasteiger partial charge in [0.05, 0.1) is 11.3 Å². The maximum atomic E-state index is 11.3. The third-order valence-electron chi connectivity index (χ3n) is 2.06. The van der Waals surface area contributed by atoms with Gasteiger partial charge in [0.25, 0.3) is 5.56 Å². The Hall–Kier alpha value is -1.33. The highest BCUT2D eigenvalue weighted by atomic mass is 79.9. The number of hydrogen-bond acceptors (Lipinski definition) is 3. The number of hydrogen-bond donors (Lipinski definition) is 1. The van der Waals surface area contributed by atoms with Crippen LogP contribution in [-0.2, 0) is 0 Å². The third kappa shape index (κ3) is 2.68. The van der Waals surface area contributed by atoms with Crippen LogP contribution in [0.5, 0.6) is 11.6 Å². The Bertz CT molecular complexity index is 613. The highest BCUT2D eigenvalue weighted by Gasteiger charge is 2.10. The molecule has 0 atom stereocenters. The number of aromatic nitrogens is 2. The lowest BCUT2D eigenvalue weighted by molar-refractivity contribution is 0.457. The molecule has 0 saturated carbocycles. The monoisotopic (exact) mass is 314 g/mol. The second-order valence-electron chi connectivity index (χ2n) is 3.39. The Morgan fingerprint density at radius 2 is 2.24 bits per heavy atom. The highest BCUT2D eigenvalue weighted by molar-refractivity contribution is 9.10. The molecule has 0 aliphatic carbocycles. The van der Waals surface area contributed by atoms with E-state index in [1.165, 1.54) is 6.33 Å². The van der Waals surface area contributed by atoms with E-state index in [0.29, 0.717) is 10.8 Å². The van der Waals surface area contributed by atoms with Crippen LogP contribution in [0.3, 0.4) is 0 Å². The number of benzene rings is 1. The van der Waals surface area contributed by atoms with Crippen molar-refractivity contribution in [3.05, 3.63) is 49.9 Å². The third-order valence-corrected chi connectivity index (χ3v) is 3.05. The molecule has 0 bridgehead atoms. The molecular formula is C11H8BrClN2O2. The summed E-state index contributed by atoms with van der Waals surface area (Å²) in [6.07, 6.45) is 1.27. The molecule has 4 nitrogen and oxygen atoms in total. The van der Waals surface area contributed by atoms with Gasteiger partial charge in [-0.2, -0.15) is 0 Å². The number of nitrogens with zero attached hydrogens (tertiary/aromatic N) is 1. The molecule has 0 radical (unpaired) electrons. The van der Waals surface area contributed by atoms with E-state index in [-0.39, 0.29) is 15.9 Å². The molecule has 1 aromatic carbocycles. The van der Waals surface area contributed by atoms with Crippen molar-refractivity contribution in [1.29, 1.82) is 0 Å². The standard InChI is InChI=1S/C11H8BrClN2O2/c1-6-2-3-8(7(13)4-6)17-11-9(12)10(16)14-5-15-11/h2-5H,1H3,(H,14,15,16). The first-order valence-corrected chi connectivity index (χ1v) is 5.92. The van der Waals surface area contributed by atoms with Crippen LogP contribution >= 0.6 is 27.5 Å². The van der Waals surface area contributed by atoms with Gasteiger partial charge in [0, 0.05) is 0 Å². The van der Waals surface area contributed by atoms with Crippen molar-refractivity contribution in [1.82, 2.24) is 9.97 Å². The minimum Gasteiger partial charge on any atom is -0.436 e. The number of H-pyrrole nitrogens is 1. The van der Waals surface area contributed by atoms with Gasteiger partial charge in [0.2, 0.25) is 5.88 Å². The number of rotatable bonds is 2. The SMILES string of the molecule is Cc1ccc(Oc2nc[nH]c(=O)c2Br)c(Cl)c1. The van der Waals surface area contributed by atoms with Crippen LogP contribution in [0, 0.1) is 6.92 Å². The lowest BCUT2D eigenvalue weighted by Crippen LogP contribution is -2.08. The summed E-state index contributed by atoms with van der Waals surface area (Å²) in [4.78, 5) is 17.7. The fourth-order valence-corrected chi connectivity index (χ4v) is 1.80. The van der Waals surface area contributed by atoms with Gasteiger partial charge in [-0.25, -0.2) is 4.98 Å². The molecule has 17 heavy (non-hydrogen) atoms. The van der Waals surface area contributed by atoms with Crippen molar-refractivity contribution in [2.24, 2.45) is 0 Å². The van der Waals surface area contributed by atoms with Gasteiger partial charge < -0.3 is 9.72 Å². The summed E-state index contributed by atoms with van der Waals surface area (Å²) in [6.45, 7) is 1.93. The van der Waals surface area contributed by atoms with Crippen molar-refractivity contribution < 1.29 is 4.74 Å². The van der Waals surface area contributed by atoms with Gasteiger partial charge in [-0.15, -0.1) is 0 Å². The number of aromatic amines is 1. The van der Waals surface area contributed by atoms with Crippen molar-refractivity contribution in [2.45, 2.75) is 6.92 Å². The molecule has 88 valence electrons. The van der Waals surface area contributed by atoms with Gasteiger partial charge in [0.15, 0.2) is 0 Å². The van der Waals surface area contributed by atoms with Crippen molar-refractivity contribution in [3.8, 4) is 11.6 Å². The molecule has 1 aromatic heterocycles. The molecular weight excluding hydrogens is 307 g/mol. The zero-order chi connectivity index (χ0) is 12.4. The topological polar surface area (TPSA) is 55.0 Å². The highest BCUT2D eigenvalue weighted by Crippen LogP contribution is 2.30. The molecule has 0 unspecified atom stereocenters. The van der Waals surface area contributed by atoms with Crippen LogP contribution in [0.25, 0.3) is 0 Å². The molecule has 0 saturated heterocycles. The van der Waals surface area contributed by atoms with Crippen LogP contribution in [-0.4, -0.2) is 9.97 Å². The Labute approximate surface area is 111 Å². The fourth-order valence-electron chi connectivity index (χ4n) is 1.23. The molecule has 2 rings (SSSR count). The molecule has 1 heterocycles. The van der Waals surface area contributed by atoms with E-state index < -0.39 is 0 Å². The lowest BCUT2D eigenvalue weighted by Gasteiger charge is -2.07. The molecule has 0 spiro atoms. The summed E-state index contributed by atoms with van der Waals surface area (Å²) < 4.78 is 5.70. The zero-order valence-electron chi connectivity index (χ0n) is 8.83. The summed E-state index contributed by atoms with van der Waals surface area (Å²) in [7, 11) is 0. The van der Waals surface area contributed by atoms with Gasteiger partial charge in [0.1, 0.15) is 10.2 Å². The molecule has 1 N–H and O–H groups in total. The van der Waals surface area contributed by atoms with Crippen LogP contribution in [0.1, 0.15) is 5.56 Å². The van der Waals surface area contributed by atoms with Gasteiger partial charge in [-0.3, -0.25) is 4.79 Å². The Morgan fingerprint density at radius 3 is 2.94 bits per heavy atom. The number of halogens is 2. The predicted octanol–water partition coefficient (Wildman–Crippen LogP) is 3.29. The summed E-state index contributed by atoms with van der Waals surface area (Å²) in [5.41, 5.74) is 0.721. The van der Waals surface area contributed by atoms with E-state index in [1.807, 2.05) is 13.0 Å². The maximum Gasteiger partial charge on any atom is 0.268 e.